The standard InChI is InChI=1S/C9H7BrClNO/c1-13-9(5-12)6-2-3-7(10)8(11)4-6/h2-4,9H,1H3. The van der Waals surface area contributed by atoms with E-state index in [1.165, 1.54) is 7.11 Å². The molecule has 13 heavy (non-hydrogen) atoms. The van der Waals surface area contributed by atoms with E-state index in [1.54, 1.807) is 18.2 Å². The predicted octanol–water partition coefficient (Wildman–Crippen LogP) is 3.31. The molecule has 4 heteroatoms. The molecule has 1 unspecified atom stereocenters. The molecule has 0 amide bonds. The van der Waals surface area contributed by atoms with Gasteiger partial charge < -0.3 is 4.74 Å². The van der Waals surface area contributed by atoms with Crippen molar-refractivity contribution in [2.24, 2.45) is 0 Å². The van der Waals surface area contributed by atoms with Crippen molar-refractivity contribution >= 4 is 27.5 Å². The first-order valence-corrected chi connectivity index (χ1v) is 4.73. The van der Waals surface area contributed by atoms with Gasteiger partial charge in [-0.05, 0) is 33.6 Å². The van der Waals surface area contributed by atoms with Gasteiger partial charge >= 0.3 is 0 Å². The monoisotopic (exact) mass is 259 g/mol. The number of hydrogen-bond acceptors (Lipinski definition) is 2. The zero-order valence-electron chi connectivity index (χ0n) is 6.92. The van der Waals surface area contributed by atoms with E-state index in [-0.39, 0.29) is 0 Å². The first kappa shape index (κ1) is 10.5. The highest BCUT2D eigenvalue weighted by Crippen LogP contribution is 2.26. The molecule has 1 atom stereocenters. The third-order valence-corrected chi connectivity index (χ3v) is 2.83. The Hall–Kier alpha value is -0.560. The van der Waals surface area contributed by atoms with E-state index >= 15 is 0 Å². The van der Waals surface area contributed by atoms with E-state index in [2.05, 4.69) is 15.9 Å². The SMILES string of the molecule is COC(C#N)c1ccc(Br)c(Cl)c1. The fraction of sp³-hybridized carbons (Fsp3) is 0.222. The molecular formula is C9H7BrClNO. The molecule has 68 valence electrons. The van der Waals surface area contributed by atoms with Crippen LogP contribution in [0, 0.1) is 11.3 Å². The molecule has 0 saturated heterocycles. The molecule has 0 N–H and O–H groups in total. The molecule has 0 aromatic heterocycles. The molecule has 0 spiro atoms. The molecule has 1 aromatic carbocycles. The van der Waals surface area contributed by atoms with Crippen LogP contribution in [0.5, 0.6) is 0 Å². The summed E-state index contributed by atoms with van der Waals surface area (Å²) < 4.78 is 5.76. The minimum Gasteiger partial charge on any atom is -0.362 e. The summed E-state index contributed by atoms with van der Waals surface area (Å²) in [6, 6.07) is 7.32. The Morgan fingerprint density at radius 1 is 1.62 bits per heavy atom. The molecule has 0 aliphatic heterocycles. The smallest absolute Gasteiger partial charge is 0.168 e. The van der Waals surface area contributed by atoms with Gasteiger partial charge in [0.15, 0.2) is 6.10 Å². The van der Waals surface area contributed by atoms with Gasteiger partial charge in [-0.3, -0.25) is 0 Å². The van der Waals surface area contributed by atoms with E-state index in [0.29, 0.717) is 5.02 Å². The third-order valence-electron chi connectivity index (χ3n) is 1.60. The van der Waals surface area contributed by atoms with Crippen molar-refractivity contribution in [3.8, 4) is 6.07 Å². The van der Waals surface area contributed by atoms with Crippen molar-refractivity contribution in [3.63, 3.8) is 0 Å². The number of methoxy groups -OCH3 is 1. The summed E-state index contributed by atoms with van der Waals surface area (Å²) in [6.07, 6.45) is -0.550. The maximum Gasteiger partial charge on any atom is 0.168 e. The number of hydrogen-bond donors (Lipinski definition) is 0. The highest BCUT2D eigenvalue weighted by atomic mass is 79.9. The van der Waals surface area contributed by atoms with Crippen molar-refractivity contribution in [1.29, 1.82) is 5.26 Å². The summed E-state index contributed by atoms with van der Waals surface area (Å²) in [6.45, 7) is 0. The molecular weight excluding hydrogens is 253 g/mol. The lowest BCUT2D eigenvalue weighted by molar-refractivity contribution is 0.148. The van der Waals surface area contributed by atoms with Gasteiger partial charge in [-0.15, -0.1) is 0 Å². The highest BCUT2D eigenvalue weighted by molar-refractivity contribution is 9.10. The van der Waals surface area contributed by atoms with Gasteiger partial charge in [-0.1, -0.05) is 17.7 Å². The van der Waals surface area contributed by atoms with Crippen LogP contribution in [0.3, 0.4) is 0 Å². The summed E-state index contributed by atoms with van der Waals surface area (Å²) in [4.78, 5) is 0. The van der Waals surface area contributed by atoms with Crippen LogP contribution < -0.4 is 0 Å². The van der Waals surface area contributed by atoms with E-state index in [1.807, 2.05) is 6.07 Å². The lowest BCUT2D eigenvalue weighted by Gasteiger charge is -2.07. The summed E-state index contributed by atoms with van der Waals surface area (Å²) in [5, 5.41) is 9.29. The van der Waals surface area contributed by atoms with Crippen molar-refractivity contribution in [2.75, 3.05) is 7.11 Å². The second-order valence-electron chi connectivity index (χ2n) is 2.42. The topological polar surface area (TPSA) is 33.0 Å². The van der Waals surface area contributed by atoms with Gasteiger partial charge in [0.05, 0.1) is 11.1 Å². The highest BCUT2D eigenvalue weighted by Gasteiger charge is 2.09. The third kappa shape index (κ3) is 2.44. The van der Waals surface area contributed by atoms with Crippen molar-refractivity contribution in [1.82, 2.24) is 0 Å². The minimum absolute atomic E-state index is 0.550. The fourth-order valence-corrected chi connectivity index (χ4v) is 1.37. The number of rotatable bonds is 2. The van der Waals surface area contributed by atoms with Crippen LogP contribution in [-0.2, 0) is 4.74 Å². The Balaban J connectivity index is 3.04. The van der Waals surface area contributed by atoms with Gasteiger partial charge in [0.2, 0.25) is 0 Å². The first-order chi connectivity index (χ1) is 6.19. The van der Waals surface area contributed by atoms with Gasteiger partial charge in [0.1, 0.15) is 0 Å². The lowest BCUT2D eigenvalue weighted by atomic mass is 10.1. The van der Waals surface area contributed by atoms with E-state index < -0.39 is 6.10 Å². The summed E-state index contributed by atoms with van der Waals surface area (Å²) in [5.74, 6) is 0. The number of halogens is 2. The summed E-state index contributed by atoms with van der Waals surface area (Å²) in [7, 11) is 1.49. The zero-order valence-corrected chi connectivity index (χ0v) is 9.26. The van der Waals surface area contributed by atoms with Crippen molar-refractivity contribution in [3.05, 3.63) is 33.3 Å². The fourth-order valence-electron chi connectivity index (χ4n) is 0.939. The number of nitrogens with zero attached hydrogens (tertiary/aromatic N) is 1. The number of benzene rings is 1. The largest absolute Gasteiger partial charge is 0.362 e. The van der Waals surface area contributed by atoms with Gasteiger partial charge in [-0.2, -0.15) is 5.26 Å². The average Bonchev–Trinajstić information content (AvgIpc) is 2.13. The Morgan fingerprint density at radius 2 is 2.31 bits per heavy atom. The summed E-state index contributed by atoms with van der Waals surface area (Å²) >= 11 is 9.13. The molecule has 0 radical (unpaired) electrons. The van der Waals surface area contributed by atoms with Crippen LogP contribution in [0.4, 0.5) is 0 Å². The number of ether oxygens (including phenoxy) is 1. The second kappa shape index (κ2) is 4.61. The predicted molar refractivity (Wildman–Crippen MR) is 54.5 cm³/mol. The molecule has 0 bridgehead atoms. The zero-order chi connectivity index (χ0) is 9.84. The van der Waals surface area contributed by atoms with Gasteiger partial charge in [-0.25, -0.2) is 0 Å². The molecule has 1 rings (SSSR count). The molecule has 2 nitrogen and oxygen atoms in total. The summed E-state index contributed by atoms with van der Waals surface area (Å²) in [5.41, 5.74) is 0.762. The maximum atomic E-state index is 8.71. The molecule has 0 fully saturated rings. The van der Waals surface area contributed by atoms with E-state index in [0.717, 1.165) is 10.0 Å². The van der Waals surface area contributed by atoms with Gasteiger partial charge in [0.25, 0.3) is 0 Å². The molecule has 0 saturated carbocycles. The van der Waals surface area contributed by atoms with Crippen LogP contribution in [0.15, 0.2) is 22.7 Å². The maximum absolute atomic E-state index is 8.71. The van der Waals surface area contributed by atoms with Gasteiger partial charge in [0, 0.05) is 11.6 Å². The van der Waals surface area contributed by atoms with Crippen molar-refractivity contribution in [2.45, 2.75) is 6.10 Å². The van der Waals surface area contributed by atoms with Crippen LogP contribution in [0.1, 0.15) is 11.7 Å². The quantitative estimate of drug-likeness (QED) is 0.817. The normalized spacial score (nSPS) is 12.2. The van der Waals surface area contributed by atoms with Crippen LogP contribution >= 0.6 is 27.5 Å². The second-order valence-corrected chi connectivity index (χ2v) is 3.68. The van der Waals surface area contributed by atoms with Crippen molar-refractivity contribution < 1.29 is 4.74 Å². The Labute approximate surface area is 90.2 Å². The first-order valence-electron chi connectivity index (χ1n) is 3.56. The average molecular weight is 261 g/mol. The lowest BCUT2D eigenvalue weighted by Crippen LogP contribution is -1.97. The Morgan fingerprint density at radius 3 is 2.77 bits per heavy atom. The molecule has 0 aliphatic rings. The molecule has 0 heterocycles. The minimum atomic E-state index is -0.550. The van der Waals surface area contributed by atoms with Crippen LogP contribution in [0.2, 0.25) is 5.02 Å². The Bertz CT molecular complexity index is 348. The molecule has 1 aromatic rings. The van der Waals surface area contributed by atoms with E-state index in [9.17, 15) is 0 Å². The number of nitriles is 1. The Kier molecular flexibility index (Phi) is 3.73. The van der Waals surface area contributed by atoms with Crippen LogP contribution in [0.25, 0.3) is 0 Å². The van der Waals surface area contributed by atoms with E-state index in [4.69, 9.17) is 21.6 Å². The van der Waals surface area contributed by atoms with Crippen LogP contribution in [-0.4, -0.2) is 7.11 Å². The molecule has 0 aliphatic carbocycles.